The first-order chi connectivity index (χ1) is 8.75. The molecule has 0 saturated carbocycles. The lowest BCUT2D eigenvalue weighted by atomic mass is 9.93. The van der Waals surface area contributed by atoms with Gasteiger partial charge in [-0.05, 0) is 47.6 Å². The van der Waals surface area contributed by atoms with Crippen molar-refractivity contribution >= 4 is 11.4 Å². The van der Waals surface area contributed by atoms with E-state index in [9.17, 15) is 0 Å². The number of aromatic nitrogens is 1. The first-order valence-electron chi connectivity index (χ1n) is 6.57. The van der Waals surface area contributed by atoms with Gasteiger partial charge >= 0.3 is 0 Å². The van der Waals surface area contributed by atoms with Gasteiger partial charge in [-0.2, -0.15) is 0 Å². The second-order valence-corrected chi connectivity index (χ2v) is 5.19. The maximum Gasteiger partial charge on any atom is 0.0447 e. The lowest BCUT2D eigenvalue weighted by Gasteiger charge is -2.15. The molecule has 1 aliphatic heterocycles. The summed E-state index contributed by atoms with van der Waals surface area (Å²) in [5.41, 5.74) is 6.68. The van der Waals surface area contributed by atoms with E-state index in [0.29, 0.717) is 5.92 Å². The molecule has 2 aromatic rings. The highest BCUT2D eigenvalue weighted by atomic mass is 14.9. The Balaban J connectivity index is 2.09. The lowest BCUT2D eigenvalue weighted by Crippen LogP contribution is -2.00. The second kappa shape index (κ2) is 4.45. The molecule has 1 aromatic carbocycles. The molecule has 0 atom stereocenters. The van der Waals surface area contributed by atoms with E-state index >= 15 is 0 Å². The van der Waals surface area contributed by atoms with Gasteiger partial charge in [0.1, 0.15) is 0 Å². The number of pyridine rings is 1. The Morgan fingerprint density at radius 1 is 1.11 bits per heavy atom. The van der Waals surface area contributed by atoms with E-state index in [1.165, 1.54) is 28.1 Å². The van der Waals surface area contributed by atoms with E-state index in [-0.39, 0.29) is 0 Å². The van der Waals surface area contributed by atoms with Gasteiger partial charge in [-0.3, -0.25) is 4.98 Å². The summed E-state index contributed by atoms with van der Waals surface area (Å²) in [5.74, 6) is 0.570. The Labute approximate surface area is 108 Å². The third-order valence-corrected chi connectivity index (χ3v) is 3.65. The summed E-state index contributed by atoms with van der Waals surface area (Å²) in [7, 11) is 0. The molecule has 0 aliphatic carbocycles. The number of hydrogen-bond donors (Lipinski definition) is 1. The van der Waals surface area contributed by atoms with E-state index in [2.05, 4.69) is 48.4 Å². The topological polar surface area (TPSA) is 24.9 Å². The quantitative estimate of drug-likeness (QED) is 0.810. The van der Waals surface area contributed by atoms with Gasteiger partial charge in [-0.1, -0.05) is 26.0 Å². The largest absolute Gasteiger partial charge is 0.355 e. The van der Waals surface area contributed by atoms with Crippen LogP contribution in [0, 0.1) is 0 Å². The standard InChI is InChI=1S/C16H18N2/c1-11(2)13-4-3-5-16-14(13)7-6-12-10-17-9-8-15(12)18-16/h3-5,8-11,18H,6-7H2,1-2H3. The summed E-state index contributed by atoms with van der Waals surface area (Å²) < 4.78 is 0. The van der Waals surface area contributed by atoms with Crippen LogP contribution in [0.25, 0.3) is 0 Å². The lowest BCUT2D eigenvalue weighted by molar-refractivity contribution is 0.833. The fourth-order valence-electron chi connectivity index (χ4n) is 2.69. The highest BCUT2D eigenvalue weighted by molar-refractivity contribution is 5.69. The van der Waals surface area contributed by atoms with Gasteiger partial charge in [0.25, 0.3) is 0 Å². The zero-order valence-electron chi connectivity index (χ0n) is 10.9. The fraction of sp³-hybridized carbons (Fsp3) is 0.312. The molecule has 0 radical (unpaired) electrons. The van der Waals surface area contributed by atoms with Gasteiger partial charge in [-0.15, -0.1) is 0 Å². The molecule has 18 heavy (non-hydrogen) atoms. The SMILES string of the molecule is CC(C)c1cccc2c1CCc1cnccc1N2. The Hall–Kier alpha value is -1.83. The molecular formula is C16H18N2. The molecule has 3 rings (SSSR count). The summed E-state index contributed by atoms with van der Waals surface area (Å²) in [5, 5.41) is 3.56. The van der Waals surface area contributed by atoms with Crippen LogP contribution in [0.2, 0.25) is 0 Å². The molecule has 0 fully saturated rings. The average molecular weight is 238 g/mol. The number of nitrogens with one attached hydrogen (secondary N) is 1. The zero-order valence-corrected chi connectivity index (χ0v) is 10.9. The van der Waals surface area contributed by atoms with Crippen LogP contribution in [0.5, 0.6) is 0 Å². The maximum absolute atomic E-state index is 4.22. The summed E-state index contributed by atoms with van der Waals surface area (Å²) >= 11 is 0. The van der Waals surface area contributed by atoms with Crippen molar-refractivity contribution in [2.75, 3.05) is 5.32 Å². The molecule has 0 saturated heterocycles. The molecule has 0 amide bonds. The first-order valence-corrected chi connectivity index (χ1v) is 6.57. The molecular weight excluding hydrogens is 220 g/mol. The monoisotopic (exact) mass is 238 g/mol. The normalized spacial score (nSPS) is 13.5. The molecule has 2 heterocycles. The highest BCUT2D eigenvalue weighted by Crippen LogP contribution is 2.33. The number of hydrogen-bond acceptors (Lipinski definition) is 2. The van der Waals surface area contributed by atoms with Crippen LogP contribution < -0.4 is 5.32 Å². The van der Waals surface area contributed by atoms with Crippen LogP contribution >= 0.6 is 0 Å². The number of rotatable bonds is 1. The van der Waals surface area contributed by atoms with E-state index < -0.39 is 0 Å². The third-order valence-electron chi connectivity index (χ3n) is 3.65. The van der Waals surface area contributed by atoms with Crippen molar-refractivity contribution in [3.8, 4) is 0 Å². The molecule has 0 unspecified atom stereocenters. The summed E-state index contributed by atoms with van der Waals surface area (Å²) in [6.07, 6.45) is 5.98. The number of benzene rings is 1. The van der Waals surface area contributed by atoms with Gasteiger partial charge in [0, 0.05) is 23.8 Å². The van der Waals surface area contributed by atoms with E-state index in [1.807, 2.05) is 12.4 Å². The molecule has 0 bridgehead atoms. The number of nitrogens with zero attached hydrogens (tertiary/aromatic N) is 1. The smallest absolute Gasteiger partial charge is 0.0447 e. The van der Waals surface area contributed by atoms with E-state index in [1.54, 1.807) is 0 Å². The van der Waals surface area contributed by atoms with Gasteiger partial charge in [0.05, 0.1) is 0 Å². The number of aryl methyl sites for hydroxylation is 1. The molecule has 2 nitrogen and oxygen atoms in total. The minimum atomic E-state index is 0.570. The van der Waals surface area contributed by atoms with Crippen molar-refractivity contribution in [1.82, 2.24) is 4.98 Å². The van der Waals surface area contributed by atoms with Gasteiger partial charge < -0.3 is 5.32 Å². The van der Waals surface area contributed by atoms with Gasteiger partial charge in [0.2, 0.25) is 0 Å². The minimum absolute atomic E-state index is 0.570. The van der Waals surface area contributed by atoms with Crippen molar-refractivity contribution < 1.29 is 0 Å². The summed E-state index contributed by atoms with van der Waals surface area (Å²) in [6, 6.07) is 8.63. The predicted octanol–water partition coefficient (Wildman–Crippen LogP) is 4.05. The second-order valence-electron chi connectivity index (χ2n) is 5.19. The van der Waals surface area contributed by atoms with Crippen LogP contribution in [0.15, 0.2) is 36.7 Å². The Bertz CT molecular complexity index is 573. The van der Waals surface area contributed by atoms with Crippen molar-refractivity contribution in [2.45, 2.75) is 32.6 Å². The molecule has 2 heteroatoms. The van der Waals surface area contributed by atoms with Gasteiger partial charge in [-0.25, -0.2) is 0 Å². The van der Waals surface area contributed by atoms with Crippen LogP contribution in [0.3, 0.4) is 0 Å². The average Bonchev–Trinajstić information content (AvgIpc) is 2.56. The van der Waals surface area contributed by atoms with E-state index in [0.717, 1.165) is 12.8 Å². The zero-order chi connectivity index (χ0) is 12.5. The molecule has 0 spiro atoms. The number of anilines is 2. The van der Waals surface area contributed by atoms with Crippen LogP contribution in [-0.2, 0) is 12.8 Å². The first kappa shape index (κ1) is 11.3. The number of fused-ring (bicyclic) bond motifs is 2. The molecule has 1 aliphatic rings. The van der Waals surface area contributed by atoms with Crippen molar-refractivity contribution in [2.24, 2.45) is 0 Å². The third kappa shape index (κ3) is 1.88. The Kier molecular flexibility index (Phi) is 2.78. The maximum atomic E-state index is 4.22. The van der Waals surface area contributed by atoms with E-state index in [4.69, 9.17) is 0 Å². The van der Waals surface area contributed by atoms with Crippen molar-refractivity contribution in [1.29, 1.82) is 0 Å². The Morgan fingerprint density at radius 3 is 2.83 bits per heavy atom. The van der Waals surface area contributed by atoms with Crippen LogP contribution in [0.1, 0.15) is 36.5 Å². The predicted molar refractivity (Wildman–Crippen MR) is 75.5 cm³/mol. The summed E-state index contributed by atoms with van der Waals surface area (Å²) in [6.45, 7) is 4.52. The Morgan fingerprint density at radius 2 is 2.00 bits per heavy atom. The van der Waals surface area contributed by atoms with Crippen LogP contribution in [-0.4, -0.2) is 4.98 Å². The molecule has 92 valence electrons. The van der Waals surface area contributed by atoms with Crippen LogP contribution in [0.4, 0.5) is 11.4 Å². The summed E-state index contributed by atoms with van der Waals surface area (Å²) in [4.78, 5) is 4.22. The minimum Gasteiger partial charge on any atom is -0.355 e. The molecule has 1 N–H and O–H groups in total. The highest BCUT2D eigenvalue weighted by Gasteiger charge is 2.16. The van der Waals surface area contributed by atoms with Gasteiger partial charge in [0.15, 0.2) is 0 Å². The van der Waals surface area contributed by atoms with Crippen molar-refractivity contribution in [3.63, 3.8) is 0 Å². The fourth-order valence-corrected chi connectivity index (χ4v) is 2.69. The molecule has 1 aromatic heterocycles. The van der Waals surface area contributed by atoms with Crippen molar-refractivity contribution in [3.05, 3.63) is 53.3 Å².